The van der Waals surface area contributed by atoms with Gasteiger partial charge in [-0.2, -0.15) is 0 Å². The average molecular weight is 273 g/mol. The van der Waals surface area contributed by atoms with Crippen LogP contribution in [0.2, 0.25) is 0 Å². The van der Waals surface area contributed by atoms with Gasteiger partial charge in [0.15, 0.2) is 0 Å². The summed E-state index contributed by atoms with van der Waals surface area (Å²) in [5.41, 5.74) is 2.29. The molecule has 0 saturated carbocycles. The molecule has 0 aliphatic rings. The quantitative estimate of drug-likeness (QED) is 0.706. The monoisotopic (exact) mass is 273 g/mol. The van der Waals surface area contributed by atoms with Crippen molar-refractivity contribution in [2.24, 2.45) is 5.92 Å². The molecule has 1 aromatic carbocycles. The molecule has 110 valence electrons. The van der Waals surface area contributed by atoms with Crippen LogP contribution >= 0.6 is 0 Å². The maximum Gasteiger partial charge on any atom is 0.134 e. The van der Waals surface area contributed by atoms with Gasteiger partial charge in [0.1, 0.15) is 5.58 Å². The van der Waals surface area contributed by atoms with Crippen LogP contribution in [-0.4, -0.2) is 7.05 Å². The third kappa shape index (κ3) is 3.43. The molecule has 0 spiro atoms. The van der Waals surface area contributed by atoms with E-state index in [9.17, 15) is 0 Å². The molecular weight excluding hydrogens is 246 g/mol. The summed E-state index contributed by atoms with van der Waals surface area (Å²) in [6, 6.07) is 8.70. The zero-order valence-electron chi connectivity index (χ0n) is 13.0. The Morgan fingerprint density at radius 3 is 2.70 bits per heavy atom. The number of benzene rings is 1. The Kier molecular flexibility index (Phi) is 5.66. The molecule has 1 heterocycles. The van der Waals surface area contributed by atoms with Crippen LogP contribution in [0.25, 0.3) is 11.0 Å². The summed E-state index contributed by atoms with van der Waals surface area (Å²) in [4.78, 5) is 0. The van der Waals surface area contributed by atoms with Crippen LogP contribution in [0.15, 0.2) is 34.9 Å². The lowest BCUT2D eigenvalue weighted by Crippen LogP contribution is -2.19. The highest BCUT2D eigenvalue weighted by Crippen LogP contribution is 2.32. The molecule has 2 unspecified atom stereocenters. The number of nitrogens with one attached hydrogen (secondary N) is 1. The molecule has 0 saturated heterocycles. The Balaban J connectivity index is 2.15. The third-order valence-corrected chi connectivity index (χ3v) is 4.35. The second kappa shape index (κ2) is 7.49. The van der Waals surface area contributed by atoms with Crippen molar-refractivity contribution >= 4 is 11.0 Å². The summed E-state index contributed by atoms with van der Waals surface area (Å²) in [6.45, 7) is 4.58. The van der Waals surface area contributed by atoms with E-state index in [-0.39, 0.29) is 0 Å². The molecule has 1 aromatic heterocycles. The van der Waals surface area contributed by atoms with Crippen LogP contribution in [0.4, 0.5) is 0 Å². The molecule has 2 heteroatoms. The van der Waals surface area contributed by atoms with Gasteiger partial charge in [0.05, 0.1) is 6.26 Å². The fraction of sp³-hybridized carbons (Fsp3) is 0.556. The highest BCUT2D eigenvalue weighted by molar-refractivity contribution is 5.81. The summed E-state index contributed by atoms with van der Waals surface area (Å²) >= 11 is 0. The van der Waals surface area contributed by atoms with E-state index < -0.39 is 0 Å². The normalized spacial score (nSPS) is 14.6. The Morgan fingerprint density at radius 2 is 2.00 bits per heavy atom. The predicted octanol–water partition coefficient (Wildman–Crippen LogP) is 5.30. The van der Waals surface area contributed by atoms with E-state index in [0.29, 0.717) is 6.04 Å². The standard InChI is InChI=1S/C18H27NO/c1-4-6-9-14(5-2)12-17(19-3)16-13-20-18-11-8-7-10-15(16)18/h7-8,10-11,13-14,17,19H,4-6,9,12H2,1-3H3. The maximum absolute atomic E-state index is 5.69. The van der Waals surface area contributed by atoms with Crippen molar-refractivity contribution in [1.29, 1.82) is 0 Å². The Bertz CT molecular complexity index is 517. The predicted molar refractivity (Wildman–Crippen MR) is 85.9 cm³/mol. The summed E-state index contributed by atoms with van der Waals surface area (Å²) in [7, 11) is 2.05. The number of rotatable bonds is 8. The zero-order chi connectivity index (χ0) is 14.4. The van der Waals surface area contributed by atoms with Gasteiger partial charge in [-0.25, -0.2) is 0 Å². The molecule has 0 bridgehead atoms. The Labute approximate surface area is 122 Å². The highest BCUT2D eigenvalue weighted by atomic mass is 16.3. The second-order valence-corrected chi connectivity index (χ2v) is 5.68. The SMILES string of the molecule is CCCCC(CC)CC(NC)c1coc2ccccc12. The maximum atomic E-state index is 5.69. The number of hydrogen-bond donors (Lipinski definition) is 1. The van der Waals surface area contributed by atoms with Crippen molar-refractivity contribution < 1.29 is 4.42 Å². The highest BCUT2D eigenvalue weighted by Gasteiger charge is 2.19. The summed E-state index contributed by atoms with van der Waals surface area (Å²) in [5.74, 6) is 0.793. The molecule has 0 aliphatic carbocycles. The smallest absolute Gasteiger partial charge is 0.134 e. The van der Waals surface area contributed by atoms with Gasteiger partial charge in [-0.15, -0.1) is 0 Å². The molecule has 20 heavy (non-hydrogen) atoms. The summed E-state index contributed by atoms with van der Waals surface area (Å²) < 4.78 is 5.69. The topological polar surface area (TPSA) is 25.2 Å². The van der Waals surface area contributed by atoms with Gasteiger partial charge >= 0.3 is 0 Å². The Hall–Kier alpha value is -1.28. The number of unbranched alkanes of at least 4 members (excludes halogenated alkanes) is 1. The van der Waals surface area contributed by atoms with Crippen molar-refractivity contribution in [2.45, 2.75) is 52.0 Å². The van der Waals surface area contributed by atoms with Gasteiger partial charge < -0.3 is 9.73 Å². The fourth-order valence-corrected chi connectivity index (χ4v) is 2.98. The molecule has 2 aromatic rings. The van der Waals surface area contributed by atoms with Gasteiger partial charge in [0.25, 0.3) is 0 Å². The van der Waals surface area contributed by atoms with Crippen LogP contribution in [0.5, 0.6) is 0 Å². The summed E-state index contributed by atoms with van der Waals surface area (Å²) in [6.07, 6.45) is 8.33. The molecule has 2 rings (SSSR count). The lowest BCUT2D eigenvalue weighted by Gasteiger charge is -2.22. The average Bonchev–Trinajstić information content (AvgIpc) is 2.92. The minimum Gasteiger partial charge on any atom is -0.464 e. The minimum absolute atomic E-state index is 0.389. The first-order chi connectivity index (χ1) is 9.80. The molecular formula is C18H27NO. The van der Waals surface area contributed by atoms with Crippen molar-refractivity contribution in [3.05, 3.63) is 36.1 Å². The molecule has 2 atom stereocenters. The van der Waals surface area contributed by atoms with Crippen LogP contribution in [0.1, 0.15) is 57.6 Å². The van der Waals surface area contributed by atoms with Gasteiger partial charge in [-0.1, -0.05) is 57.7 Å². The molecule has 2 nitrogen and oxygen atoms in total. The number of hydrogen-bond acceptors (Lipinski definition) is 2. The lowest BCUT2D eigenvalue weighted by molar-refractivity contribution is 0.364. The second-order valence-electron chi connectivity index (χ2n) is 5.68. The minimum atomic E-state index is 0.389. The van der Waals surface area contributed by atoms with E-state index in [1.54, 1.807) is 0 Å². The first kappa shape index (κ1) is 15.1. The lowest BCUT2D eigenvalue weighted by atomic mass is 9.89. The molecule has 1 N–H and O–H groups in total. The third-order valence-electron chi connectivity index (χ3n) is 4.35. The molecule has 0 aliphatic heterocycles. The van der Waals surface area contributed by atoms with Crippen molar-refractivity contribution in [3.8, 4) is 0 Å². The first-order valence-electron chi connectivity index (χ1n) is 7.93. The van der Waals surface area contributed by atoms with E-state index in [0.717, 1.165) is 11.5 Å². The Morgan fingerprint density at radius 1 is 1.20 bits per heavy atom. The van der Waals surface area contributed by atoms with Crippen molar-refractivity contribution in [2.75, 3.05) is 7.05 Å². The van der Waals surface area contributed by atoms with E-state index in [4.69, 9.17) is 4.42 Å². The van der Waals surface area contributed by atoms with Crippen LogP contribution in [0.3, 0.4) is 0 Å². The number of furan rings is 1. The van der Waals surface area contributed by atoms with Crippen LogP contribution in [-0.2, 0) is 0 Å². The van der Waals surface area contributed by atoms with E-state index in [1.807, 2.05) is 18.4 Å². The summed E-state index contributed by atoms with van der Waals surface area (Å²) in [5, 5.41) is 4.73. The number of para-hydroxylation sites is 1. The molecule has 0 fully saturated rings. The van der Waals surface area contributed by atoms with E-state index in [2.05, 4.69) is 38.3 Å². The van der Waals surface area contributed by atoms with Crippen LogP contribution in [0, 0.1) is 5.92 Å². The van der Waals surface area contributed by atoms with Gasteiger partial charge in [0, 0.05) is 17.0 Å². The number of fused-ring (bicyclic) bond motifs is 1. The largest absolute Gasteiger partial charge is 0.464 e. The van der Waals surface area contributed by atoms with E-state index in [1.165, 1.54) is 43.1 Å². The first-order valence-corrected chi connectivity index (χ1v) is 7.93. The molecule has 0 radical (unpaired) electrons. The van der Waals surface area contributed by atoms with E-state index >= 15 is 0 Å². The zero-order valence-corrected chi connectivity index (χ0v) is 13.0. The van der Waals surface area contributed by atoms with Crippen LogP contribution < -0.4 is 5.32 Å². The molecule has 0 amide bonds. The van der Waals surface area contributed by atoms with Gasteiger partial charge in [-0.05, 0) is 25.5 Å². The van der Waals surface area contributed by atoms with Crippen molar-refractivity contribution in [1.82, 2.24) is 5.32 Å². The van der Waals surface area contributed by atoms with Crippen molar-refractivity contribution in [3.63, 3.8) is 0 Å². The fourth-order valence-electron chi connectivity index (χ4n) is 2.98. The van der Waals surface area contributed by atoms with Gasteiger partial charge in [0.2, 0.25) is 0 Å². The van der Waals surface area contributed by atoms with Gasteiger partial charge in [-0.3, -0.25) is 0 Å².